The van der Waals surface area contributed by atoms with Crippen LogP contribution in [0.4, 0.5) is 0 Å². The summed E-state index contributed by atoms with van der Waals surface area (Å²) in [4.78, 5) is 14.7. The van der Waals surface area contributed by atoms with Crippen molar-refractivity contribution in [3.05, 3.63) is 22.5 Å². The first kappa shape index (κ1) is 9.52. The van der Waals surface area contributed by atoms with E-state index in [0.29, 0.717) is 5.92 Å². The number of nitrogens with one attached hydrogen (secondary N) is 1. The Labute approximate surface area is 93.8 Å². The van der Waals surface area contributed by atoms with Crippen LogP contribution in [0.5, 0.6) is 0 Å². The monoisotopic (exact) mass is 221 g/mol. The summed E-state index contributed by atoms with van der Waals surface area (Å²) in [5.74, 6) is 2.85. The van der Waals surface area contributed by atoms with E-state index in [1.165, 1.54) is 42.0 Å². The van der Waals surface area contributed by atoms with E-state index >= 15 is 0 Å². The van der Waals surface area contributed by atoms with Crippen LogP contribution in [0.25, 0.3) is 0 Å². The summed E-state index contributed by atoms with van der Waals surface area (Å²) in [5, 5.41) is 0. The van der Waals surface area contributed by atoms with Gasteiger partial charge < -0.3 is 4.98 Å². The van der Waals surface area contributed by atoms with Gasteiger partial charge in [-0.3, -0.25) is 4.79 Å². The molecule has 0 aromatic carbocycles. The molecule has 0 unspecified atom stereocenters. The van der Waals surface area contributed by atoms with E-state index in [2.05, 4.69) is 4.98 Å². The third-order valence-electron chi connectivity index (χ3n) is 3.64. The van der Waals surface area contributed by atoms with E-state index in [1.807, 2.05) is 11.8 Å². The van der Waals surface area contributed by atoms with Gasteiger partial charge in [-0.15, -0.1) is 0 Å². The van der Waals surface area contributed by atoms with Gasteiger partial charge in [0.25, 0.3) is 0 Å². The molecule has 1 saturated carbocycles. The van der Waals surface area contributed by atoms with Crippen molar-refractivity contribution < 1.29 is 4.79 Å². The third-order valence-corrected chi connectivity index (χ3v) is 4.62. The van der Waals surface area contributed by atoms with Crippen molar-refractivity contribution in [2.45, 2.75) is 37.4 Å². The zero-order valence-electron chi connectivity index (χ0n) is 8.71. The number of H-pyrrole nitrogens is 1. The normalized spacial score (nSPS) is 20.8. The Balaban J connectivity index is 2.05. The first-order valence-electron chi connectivity index (χ1n) is 5.66. The van der Waals surface area contributed by atoms with E-state index in [4.69, 9.17) is 0 Å². The molecule has 0 amide bonds. The number of carbonyl (C=O) groups excluding carboxylic acids is 1. The van der Waals surface area contributed by atoms with E-state index in [1.54, 1.807) is 0 Å². The van der Waals surface area contributed by atoms with Gasteiger partial charge in [0.1, 0.15) is 0 Å². The average molecular weight is 221 g/mol. The van der Waals surface area contributed by atoms with Crippen LogP contribution in [-0.2, 0) is 12.2 Å². The minimum atomic E-state index is 0.640. The second kappa shape index (κ2) is 3.71. The van der Waals surface area contributed by atoms with Gasteiger partial charge in [-0.05, 0) is 36.5 Å². The highest BCUT2D eigenvalue weighted by molar-refractivity contribution is 7.98. The Morgan fingerprint density at radius 1 is 1.40 bits per heavy atom. The minimum absolute atomic E-state index is 0.640. The predicted octanol–water partition coefficient (Wildman–Crippen LogP) is 2.88. The lowest BCUT2D eigenvalue weighted by Gasteiger charge is -2.25. The van der Waals surface area contributed by atoms with Gasteiger partial charge in [-0.25, -0.2) is 0 Å². The van der Waals surface area contributed by atoms with Crippen LogP contribution in [0.15, 0.2) is 0 Å². The highest BCUT2D eigenvalue weighted by Gasteiger charge is 2.28. The number of rotatable bonds is 2. The second-order valence-corrected chi connectivity index (χ2v) is 5.56. The van der Waals surface area contributed by atoms with Crippen LogP contribution in [0.2, 0.25) is 0 Å². The fourth-order valence-corrected chi connectivity index (χ4v) is 3.54. The Morgan fingerprint density at radius 3 is 2.93 bits per heavy atom. The van der Waals surface area contributed by atoms with E-state index in [0.717, 1.165) is 24.0 Å². The first-order valence-corrected chi connectivity index (χ1v) is 6.82. The molecule has 0 bridgehead atoms. The molecular formula is C12H15NOS. The minimum Gasteiger partial charge on any atom is -0.361 e. The number of aryl methyl sites for hydroxylation is 1. The molecule has 0 atom stereocenters. The number of thioether (sulfide) groups is 1. The summed E-state index contributed by atoms with van der Waals surface area (Å²) in [5.41, 5.74) is 4.85. The molecule has 2 heterocycles. The average Bonchev–Trinajstić information content (AvgIpc) is 2.53. The van der Waals surface area contributed by atoms with E-state index in [-0.39, 0.29) is 0 Å². The third kappa shape index (κ3) is 1.44. The molecule has 80 valence electrons. The lowest BCUT2D eigenvalue weighted by atomic mass is 9.81. The topological polar surface area (TPSA) is 32.9 Å². The van der Waals surface area contributed by atoms with Crippen molar-refractivity contribution in [1.29, 1.82) is 0 Å². The number of hydrogen-bond acceptors (Lipinski definition) is 2. The van der Waals surface area contributed by atoms with Crippen LogP contribution in [0.1, 0.15) is 52.5 Å². The van der Waals surface area contributed by atoms with Crippen LogP contribution in [-0.4, -0.2) is 17.0 Å². The fourth-order valence-electron chi connectivity index (χ4n) is 2.51. The van der Waals surface area contributed by atoms with E-state index < -0.39 is 0 Å². The summed E-state index contributed by atoms with van der Waals surface area (Å²) in [6, 6.07) is 0. The van der Waals surface area contributed by atoms with Crippen LogP contribution in [0, 0.1) is 0 Å². The molecule has 0 saturated heterocycles. The Morgan fingerprint density at radius 2 is 2.27 bits per heavy atom. The Hall–Kier alpha value is -0.700. The highest BCUT2D eigenvalue weighted by Crippen LogP contribution is 2.40. The van der Waals surface area contributed by atoms with Gasteiger partial charge >= 0.3 is 0 Å². The van der Waals surface area contributed by atoms with Gasteiger partial charge in [0.05, 0.1) is 0 Å². The molecule has 15 heavy (non-hydrogen) atoms. The molecule has 1 fully saturated rings. The second-order valence-electron chi connectivity index (χ2n) is 4.46. The number of carbonyl (C=O) groups is 1. The summed E-state index contributed by atoms with van der Waals surface area (Å²) >= 11 is 1.94. The first-order chi connectivity index (χ1) is 7.40. The van der Waals surface area contributed by atoms with Crippen LogP contribution < -0.4 is 0 Å². The standard InChI is InChI=1S/C12H15NOS/c14-6-9-10-7-15-5-4-11(10)13-12(9)8-2-1-3-8/h6,8,13H,1-5,7H2. The maximum atomic E-state index is 11.2. The van der Waals surface area contributed by atoms with Gasteiger partial charge in [0.15, 0.2) is 6.29 Å². The SMILES string of the molecule is O=Cc1c(C2CCC2)[nH]c2c1CSCC2. The maximum absolute atomic E-state index is 11.2. The van der Waals surface area contributed by atoms with Crippen molar-refractivity contribution in [3.63, 3.8) is 0 Å². The van der Waals surface area contributed by atoms with Crippen molar-refractivity contribution >= 4 is 18.0 Å². The number of fused-ring (bicyclic) bond motifs is 1. The summed E-state index contributed by atoms with van der Waals surface area (Å²) in [6.07, 6.45) is 6.00. The zero-order valence-corrected chi connectivity index (χ0v) is 9.53. The zero-order chi connectivity index (χ0) is 10.3. The largest absolute Gasteiger partial charge is 0.361 e. The number of aromatic nitrogens is 1. The lowest BCUT2D eigenvalue weighted by molar-refractivity contribution is 0.112. The summed E-state index contributed by atoms with van der Waals surface area (Å²) < 4.78 is 0. The molecule has 3 rings (SSSR count). The number of hydrogen-bond donors (Lipinski definition) is 1. The van der Waals surface area contributed by atoms with Crippen molar-refractivity contribution in [2.24, 2.45) is 0 Å². The molecule has 3 heteroatoms. The summed E-state index contributed by atoms with van der Waals surface area (Å²) in [7, 11) is 0. The smallest absolute Gasteiger partial charge is 0.152 e. The van der Waals surface area contributed by atoms with Gasteiger partial charge in [0, 0.05) is 22.7 Å². The maximum Gasteiger partial charge on any atom is 0.152 e. The molecule has 1 aromatic heterocycles. The number of aromatic amines is 1. The number of aldehydes is 1. The lowest BCUT2D eigenvalue weighted by Crippen LogP contribution is -2.11. The van der Waals surface area contributed by atoms with Crippen molar-refractivity contribution in [2.75, 3.05) is 5.75 Å². The van der Waals surface area contributed by atoms with Gasteiger partial charge in [0.2, 0.25) is 0 Å². The Kier molecular flexibility index (Phi) is 2.35. The summed E-state index contributed by atoms with van der Waals surface area (Å²) in [6.45, 7) is 0. The molecule has 0 radical (unpaired) electrons. The van der Waals surface area contributed by atoms with Crippen molar-refractivity contribution in [3.8, 4) is 0 Å². The molecule has 1 aliphatic carbocycles. The molecule has 0 spiro atoms. The molecule has 2 nitrogen and oxygen atoms in total. The van der Waals surface area contributed by atoms with Crippen LogP contribution >= 0.6 is 11.8 Å². The molecular weight excluding hydrogens is 206 g/mol. The van der Waals surface area contributed by atoms with Gasteiger partial charge in [-0.2, -0.15) is 11.8 Å². The van der Waals surface area contributed by atoms with E-state index in [9.17, 15) is 4.79 Å². The molecule has 2 aliphatic rings. The van der Waals surface area contributed by atoms with Gasteiger partial charge in [-0.1, -0.05) is 6.42 Å². The molecule has 1 aromatic rings. The highest BCUT2D eigenvalue weighted by atomic mass is 32.2. The Bertz CT molecular complexity index is 393. The quantitative estimate of drug-likeness (QED) is 0.779. The predicted molar refractivity (Wildman–Crippen MR) is 62.6 cm³/mol. The molecule has 1 aliphatic heterocycles. The fraction of sp³-hybridized carbons (Fsp3) is 0.583. The van der Waals surface area contributed by atoms with Crippen LogP contribution in [0.3, 0.4) is 0 Å². The molecule has 1 N–H and O–H groups in total. The van der Waals surface area contributed by atoms with Crippen molar-refractivity contribution in [1.82, 2.24) is 4.98 Å².